The molecular formula is C12H14N2O3S. The highest BCUT2D eigenvalue weighted by atomic mass is 32.2. The molecule has 18 heavy (non-hydrogen) atoms. The topological polar surface area (TPSA) is 70.5 Å². The number of thioether (sulfide) groups is 1. The summed E-state index contributed by atoms with van der Waals surface area (Å²) in [4.78, 5) is 0.966. The number of aromatic nitrogens is 1. The maximum atomic E-state index is 5.54. The number of nitrogens with zero attached hydrogens (tertiary/aromatic N) is 1. The largest absolute Gasteiger partial charge is 0.497 e. The van der Waals surface area contributed by atoms with Gasteiger partial charge in [-0.3, -0.25) is 0 Å². The lowest BCUT2D eigenvalue weighted by Crippen LogP contribution is -1.93. The SMILES string of the molecule is COc1cc(SC)c(OC)c(-c2cc(N)on2)c1. The minimum absolute atomic E-state index is 0.264. The van der Waals surface area contributed by atoms with Crippen LogP contribution in [0.1, 0.15) is 0 Å². The molecule has 0 aliphatic heterocycles. The van der Waals surface area contributed by atoms with Crippen molar-refractivity contribution >= 4 is 17.6 Å². The second kappa shape index (κ2) is 5.22. The first-order chi connectivity index (χ1) is 8.69. The fourth-order valence-electron chi connectivity index (χ4n) is 1.66. The molecule has 0 saturated carbocycles. The lowest BCUT2D eigenvalue weighted by Gasteiger charge is -2.12. The molecular weight excluding hydrogens is 252 g/mol. The summed E-state index contributed by atoms with van der Waals surface area (Å²) in [6, 6.07) is 5.41. The molecule has 0 spiro atoms. The van der Waals surface area contributed by atoms with E-state index in [1.807, 2.05) is 18.4 Å². The summed E-state index contributed by atoms with van der Waals surface area (Å²) in [5.41, 5.74) is 6.96. The predicted octanol–water partition coefficient (Wildman–Crippen LogP) is 2.66. The van der Waals surface area contributed by atoms with Crippen LogP contribution in [0.2, 0.25) is 0 Å². The standard InChI is InChI=1S/C12H14N2O3S/c1-15-7-4-8(9-6-11(13)17-14-9)12(16-2)10(5-7)18-3/h4-6H,13H2,1-3H3. The Hall–Kier alpha value is -1.82. The van der Waals surface area contributed by atoms with Gasteiger partial charge in [-0.15, -0.1) is 11.8 Å². The Balaban J connectivity index is 2.63. The lowest BCUT2D eigenvalue weighted by atomic mass is 10.1. The Kier molecular flexibility index (Phi) is 3.66. The first kappa shape index (κ1) is 12.6. The second-order valence-corrected chi connectivity index (χ2v) is 4.37. The van der Waals surface area contributed by atoms with E-state index in [2.05, 4.69) is 5.16 Å². The van der Waals surface area contributed by atoms with E-state index >= 15 is 0 Å². The molecule has 5 nitrogen and oxygen atoms in total. The number of hydrogen-bond donors (Lipinski definition) is 1. The number of anilines is 1. The van der Waals surface area contributed by atoms with Crippen molar-refractivity contribution in [2.45, 2.75) is 4.90 Å². The second-order valence-electron chi connectivity index (χ2n) is 3.52. The van der Waals surface area contributed by atoms with Crippen molar-refractivity contribution < 1.29 is 14.0 Å². The van der Waals surface area contributed by atoms with Crippen LogP contribution in [0.4, 0.5) is 5.88 Å². The van der Waals surface area contributed by atoms with Gasteiger partial charge in [-0.1, -0.05) is 5.16 Å². The first-order valence-corrected chi connectivity index (χ1v) is 6.44. The average Bonchev–Trinajstić information content (AvgIpc) is 2.83. The van der Waals surface area contributed by atoms with Crippen LogP contribution in [-0.2, 0) is 0 Å². The fourth-order valence-corrected chi connectivity index (χ4v) is 2.28. The third-order valence-corrected chi connectivity index (χ3v) is 3.24. The highest BCUT2D eigenvalue weighted by molar-refractivity contribution is 7.98. The molecule has 2 N–H and O–H groups in total. The molecule has 0 aliphatic carbocycles. The van der Waals surface area contributed by atoms with Gasteiger partial charge >= 0.3 is 0 Å². The molecule has 1 aromatic carbocycles. The van der Waals surface area contributed by atoms with Gasteiger partial charge < -0.3 is 19.7 Å². The van der Waals surface area contributed by atoms with Crippen molar-refractivity contribution in [1.82, 2.24) is 5.16 Å². The van der Waals surface area contributed by atoms with E-state index in [1.54, 1.807) is 32.0 Å². The van der Waals surface area contributed by atoms with Crippen LogP contribution >= 0.6 is 11.8 Å². The Morgan fingerprint density at radius 1 is 1.22 bits per heavy atom. The zero-order chi connectivity index (χ0) is 13.1. The molecule has 0 unspecified atom stereocenters. The number of hydrogen-bond acceptors (Lipinski definition) is 6. The quantitative estimate of drug-likeness (QED) is 0.858. The van der Waals surface area contributed by atoms with Gasteiger partial charge in [0, 0.05) is 6.07 Å². The van der Waals surface area contributed by atoms with Crippen LogP contribution in [0, 0.1) is 0 Å². The summed E-state index contributed by atoms with van der Waals surface area (Å²) in [6.07, 6.45) is 1.97. The maximum absolute atomic E-state index is 5.54. The van der Waals surface area contributed by atoms with Gasteiger partial charge in [-0.25, -0.2) is 0 Å². The first-order valence-electron chi connectivity index (χ1n) is 5.22. The molecule has 0 aliphatic rings. The molecule has 0 amide bonds. The van der Waals surface area contributed by atoms with Crippen molar-refractivity contribution in [2.75, 3.05) is 26.2 Å². The predicted molar refractivity (Wildman–Crippen MR) is 71.2 cm³/mol. The third-order valence-electron chi connectivity index (χ3n) is 2.49. The minimum atomic E-state index is 0.264. The molecule has 0 fully saturated rings. The molecule has 1 aromatic heterocycles. The van der Waals surface area contributed by atoms with E-state index in [-0.39, 0.29) is 5.88 Å². The van der Waals surface area contributed by atoms with E-state index in [9.17, 15) is 0 Å². The molecule has 0 radical (unpaired) electrons. The van der Waals surface area contributed by atoms with Crippen molar-refractivity contribution in [3.05, 3.63) is 18.2 Å². The third kappa shape index (κ3) is 2.24. The molecule has 2 rings (SSSR count). The maximum Gasteiger partial charge on any atom is 0.222 e. The Morgan fingerprint density at radius 3 is 2.50 bits per heavy atom. The number of nitrogen functional groups attached to an aromatic ring is 1. The van der Waals surface area contributed by atoms with Gasteiger partial charge in [0.05, 0.1) is 24.7 Å². The number of benzene rings is 1. The van der Waals surface area contributed by atoms with E-state index in [1.165, 1.54) is 0 Å². The summed E-state index contributed by atoms with van der Waals surface area (Å²) in [6.45, 7) is 0. The fraction of sp³-hybridized carbons (Fsp3) is 0.250. The van der Waals surface area contributed by atoms with E-state index < -0.39 is 0 Å². The smallest absolute Gasteiger partial charge is 0.222 e. The number of rotatable bonds is 4. The van der Waals surface area contributed by atoms with Crippen LogP contribution in [0.3, 0.4) is 0 Å². The summed E-state index contributed by atoms with van der Waals surface area (Å²) in [5.74, 6) is 1.73. The van der Waals surface area contributed by atoms with Gasteiger partial charge in [0.15, 0.2) is 0 Å². The number of ether oxygens (including phenoxy) is 2. The molecule has 0 bridgehead atoms. The summed E-state index contributed by atoms with van der Waals surface area (Å²) >= 11 is 1.57. The van der Waals surface area contributed by atoms with E-state index in [4.69, 9.17) is 19.7 Å². The molecule has 1 heterocycles. The summed E-state index contributed by atoms with van der Waals surface area (Å²) < 4.78 is 15.6. The van der Waals surface area contributed by atoms with Gasteiger partial charge in [0.25, 0.3) is 0 Å². The normalized spacial score (nSPS) is 10.4. The highest BCUT2D eigenvalue weighted by Crippen LogP contribution is 2.40. The zero-order valence-corrected chi connectivity index (χ0v) is 11.2. The van der Waals surface area contributed by atoms with Crippen LogP contribution in [0.15, 0.2) is 27.6 Å². The van der Waals surface area contributed by atoms with Gasteiger partial charge in [-0.2, -0.15) is 0 Å². The Morgan fingerprint density at radius 2 is 2.00 bits per heavy atom. The van der Waals surface area contributed by atoms with Crippen LogP contribution in [0.5, 0.6) is 11.5 Å². The Bertz CT molecular complexity index is 554. The molecule has 96 valence electrons. The number of nitrogens with two attached hydrogens (primary N) is 1. The Labute approximate surface area is 109 Å². The van der Waals surface area contributed by atoms with Crippen molar-refractivity contribution in [1.29, 1.82) is 0 Å². The number of methoxy groups -OCH3 is 2. The van der Waals surface area contributed by atoms with Crippen LogP contribution in [0.25, 0.3) is 11.3 Å². The minimum Gasteiger partial charge on any atom is -0.497 e. The summed E-state index contributed by atoms with van der Waals surface area (Å²) in [5, 5.41) is 3.90. The van der Waals surface area contributed by atoms with Crippen molar-refractivity contribution in [3.8, 4) is 22.8 Å². The molecule has 0 saturated heterocycles. The average molecular weight is 266 g/mol. The zero-order valence-electron chi connectivity index (χ0n) is 10.4. The van der Waals surface area contributed by atoms with E-state index in [0.29, 0.717) is 5.69 Å². The lowest BCUT2D eigenvalue weighted by molar-refractivity contribution is 0.394. The highest BCUT2D eigenvalue weighted by Gasteiger charge is 2.16. The summed E-state index contributed by atoms with van der Waals surface area (Å²) in [7, 11) is 3.24. The van der Waals surface area contributed by atoms with Crippen molar-refractivity contribution in [3.63, 3.8) is 0 Å². The molecule has 0 atom stereocenters. The molecule has 6 heteroatoms. The van der Waals surface area contributed by atoms with E-state index in [0.717, 1.165) is 22.0 Å². The monoisotopic (exact) mass is 266 g/mol. The van der Waals surface area contributed by atoms with Crippen LogP contribution < -0.4 is 15.2 Å². The molecule has 2 aromatic rings. The van der Waals surface area contributed by atoms with Crippen molar-refractivity contribution in [2.24, 2.45) is 0 Å². The van der Waals surface area contributed by atoms with Crippen LogP contribution in [-0.4, -0.2) is 25.6 Å². The van der Waals surface area contributed by atoms with Gasteiger partial charge in [-0.05, 0) is 18.4 Å². The van der Waals surface area contributed by atoms with Gasteiger partial charge in [0.2, 0.25) is 5.88 Å². The van der Waals surface area contributed by atoms with Gasteiger partial charge in [0.1, 0.15) is 17.2 Å².